The summed E-state index contributed by atoms with van der Waals surface area (Å²) < 4.78 is 12.9. The molecular formula is C19H32O4. The lowest BCUT2D eigenvalue weighted by Gasteiger charge is -2.60. The summed E-state index contributed by atoms with van der Waals surface area (Å²) in [5.74, 6) is 1.46. The molecule has 2 bridgehead atoms. The molecule has 0 aromatic rings. The van der Waals surface area contributed by atoms with Gasteiger partial charge in [0.25, 0.3) is 0 Å². The standard InChI is InChI=1S/C19H32O4/c1-5-6-7-16-13(3)15-9-8-12(2)14-10-11-18(4)21-17(20-16)19(14,15)23-22-18/h12-17H,5-11H2,1-4H3/t12-,13-,14-,15-,16+,17+,18+,19+/m0/s1. The molecule has 1 saturated carbocycles. The molecule has 132 valence electrons. The minimum atomic E-state index is -0.645. The molecule has 4 saturated heterocycles. The van der Waals surface area contributed by atoms with E-state index in [1.807, 2.05) is 6.92 Å². The van der Waals surface area contributed by atoms with Crippen molar-refractivity contribution < 1.29 is 19.2 Å². The Morgan fingerprint density at radius 3 is 2.65 bits per heavy atom. The number of rotatable bonds is 3. The summed E-state index contributed by atoms with van der Waals surface area (Å²) in [7, 11) is 0. The maximum Gasteiger partial charge on any atom is 0.201 e. The largest absolute Gasteiger partial charge is 0.346 e. The average molecular weight is 324 g/mol. The lowest BCUT2D eigenvalue weighted by atomic mass is 9.57. The molecule has 23 heavy (non-hydrogen) atoms. The Balaban J connectivity index is 1.70. The predicted molar refractivity (Wildman–Crippen MR) is 86.4 cm³/mol. The number of unbranched alkanes of at least 4 members (excludes halogenated alkanes) is 1. The van der Waals surface area contributed by atoms with Crippen molar-refractivity contribution in [2.24, 2.45) is 23.7 Å². The fourth-order valence-electron chi connectivity index (χ4n) is 5.71. The molecule has 0 amide bonds. The first-order valence-corrected chi connectivity index (χ1v) is 9.70. The fourth-order valence-corrected chi connectivity index (χ4v) is 5.71. The first-order valence-electron chi connectivity index (χ1n) is 9.70. The van der Waals surface area contributed by atoms with Crippen molar-refractivity contribution in [1.82, 2.24) is 0 Å². The third-order valence-corrected chi connectivity index (χ3v) is 7.14. The van der Waals surface area contributed by atoms with E-state index in [4.69, 9.17) is 19.2 Å². The van der Waals surface area contributed by atoms with E-state index in [1.165, 1.54) is 25.7 Å². The second-order valence-corrected chi connectivity index (χ2v) is 8.59. The van der Waals surface area contributed by atoms with Crippen LogP contribution in [0.5, 0.6) is 0 Å². The zero-order valence-electron chi connectivity index (χ0n) is 15.0. The van der Waals surface area contributed by atoms with Crippen LogP contribution in [-0.2, 0) is 19.2 Å². The Bertz CT molecular complexity index is 455. The van der Waals surface area contributed by atoms with Crippen LogP contribution in [0.4, 0.5) is 0 Å². The van der Waals surface area contributed by atoms with Gasteiger partial charge in [0.05, 0.1) is 6.10 Å². The van der Waals surface area contributed by atoms with Crippen molar-refractivity contribution in [2.75, 3.05) is 0 Å². The predicted octanol–water partition coefficient (Wildman–Crippen LogP) is 4.43. The van der Waals surface area contributed by atoms with Crippen LogP contribution >= 0.6 is 0 Å². The average Bonchev–Trinajstić information content (AvgIpc) is 2.76. The van der Waals surface area contributed by atoms with Crippen LogP contribution in [0.2, 0.25) is 0 Å². The van der Waals surface area contributed by atoms with E-state index >= 15 is 0 Å². The molecule has 5 rings (SSSR count). The normalized spacial score (nSPS) is 55.3. The van der Waals surface area contributed by atoms with Gasteiger partial charge in [0.1, 0.15) is 0 Å². The molecule has 0 unspecified atom stereocenters. The van der Waals surface area contributed by atoms with E-state index in [-0.39, 0.29) is 12.4 Å². The monoisotopic (exact) mass is 324 g/mol. The van der Waals surface area contributed by atoms with Crippen molar-refractivity contribution in [3.8, 4) is 0 Å². The van der Waals surface area contributed by atoms with Gasteiger partial charge in [-0.1, -0.05) is 33.6 Å². The van der Waals surface area contributed by atoms with E-state index in [0.717, 1.165) is 19.3 Å². The Kier molecular flexibility index (Phi) is 4.03. The molecule has 4 aliphatic heterocycles. The number of hydrogen-bond acceptors (Lipinski definition) is 4. The summed E-state index contributed by atoms with van der Waals surface area (Å²) in [6, 6.07) is 0. The molecule has 5 fully saturated rings. The Hall–Kier alpha value is -0.160. The van der Waals surface area contributed by atoms with Crippen LogP contribution in [0, 0.1) is 23.7 Å². The van der Waals surface area contributed by atoms with E-state index in [2.05, 4.69) is 20.8 Å². The van der Waals surface area contributed by atoms with Gasteiger partial charge >= 0.3 is 0 Å². The maximum atomic E-state index is 6.53. The number of fused-ring (bicyclic) bond motifs is 2. The third-order valence-electron chi connectivity index (χ3n) is 7.14. The summed E-state index contributed by atoms with van der Waals surface area (Å²) in [5, 5.41) is 0. The highest BCUT2D eigenvalue weighted by atomic mass is 17.3. The fraction of sp³-hybridized carbons (Fsp3) is 1.00. The van der Waals surface area contributed by atoms with Gasteiger partial charge in [-0.2, -0.15) is 0 Å². The van der Waals surface area contributed by atoms with E-state index < -0.39 is 11.4 Å². The molecule has 4 heterocycles. The quantitative estimate of drug-likeness (QED) is 0.720. The van der Waals surface area contributed by atoms with Crippen LogP contribution in [0.3, 0.4) is 0 Å². The maximum absolute atomic E-state index is 6.53. The van der Waals surface area contributed by atoms with Crippen molar-refractivity contribution in [1.29, 1.82) is 0 Å². The highest BCUT2D eigenvalue weighted by molar-refractivity contribution is 5.09. The van der Waals surface area contributed by atoms with E-state index in [1.54, 1.807) is 0 Å². The van der Waals surface area contributed by atoms with Gasteiger partial charge in [-0.15, -0.1) is 0 Å². The SMILES string of the molecule is CCCC[C@H]1O[C@@H]2O[C@@]3(C)CC[C@H]4[C@@H](C)CC[C@@H]([C@@H]1C)[C@@]24OO3. The summed E-state index contributed by atoms with van der Waals surface area (Å²) in [5.41, 5.74) is -0.393. The minimum Gasteiger partial charge on any atom is -0.346 e. The van der Waals surface area contributed by atoms with Gasteiger partial charge in [-0.3, -0.25) is 0 Å². The Labute approximate surface area is 140 Å². The molecule has 0 radical (unpaired) electrons. The Morgan fingerprint density at radius 1 is 1.04 bits per heavy atom. The molecule has 5 aliphatic rings. The molecule has 0 aromatic carbocycles. The highest BCUT2D eigenvalue weighted by Crippen LogP contribution is 2.60. The smallest absolute Gasteiger partial charge is 0.201 e. The summed E-state index contributed by atoms with van der Waals surface area (Å²) in [6.07, 6.45) is 8.07. The summed E-state index contributed by atoms with van der Waals surface area (Å²) >= 11 is 0. The molecule has 0 N–H and O–H groups in total. The summed E-state index contributed by atoms with van der Waals surface area (Å²) in [4.78, 5) is 12.0. The zero-order chi connectivity index (χ0) is 16.2. The van der Waals surface area contributed by atoms with Crippen molar-refractivity contribution >= 4 is 0 Å². The van der Waals surface area contributed by atoms with Crippen LogP contribution in [-0.4, -0.2) is 23.8 Å². The van der Waals surface area contributed by atoms with Crippen LogP contribution in [0.25, 0.3) is 0 Å². The van der Waals surface area contributed by atoms with E-state index in [9.17, 15) is 0 Å². The molecule has 1 spiro atoms. The van der Waals surface area contributed by atoms with Gasteiger partial charge in [0.15, 0.2) is 11.9 Å². The van der Waals surface area contributed by atoms with Gasteiger partial charge in [-0.25, -0.2) is 9.78 Å². The van der Waals surface area contributed by atoms with Gasteiger partial charge in [-0.05, 0) is 50.4 Å². The minimum absolute atomic E-state index is 0.264. The Morgan fingerprint density at radius 2 is 1.87 bits per heavy atom. The zero-order valence-corrected chi connectivity index (χ0v) is 15.0. The topological polar surface area (TPSA) is 36.9 Å². The third kappa shape index (κ3) is 2.32. The highest BCUT2D eigenvalue weighted by Gasteiger charge is 2.69. The van der Waals surface area contributed by atoms with Gasteiger partial charge < -0.3 is 9.47 Å². The second-order valence-electron chi connectivity index (χ2n) is 8.59. The summed E-state index contributed by atoms with van der Waals surface area (Å²) in [6.45, 7) is 8.96. The molecule has 4 nitrogen and oxygen atoms in total. The first-order chi connectivity index (χ1) is 11.0. The molecular weight excluding hydrogens is 292 g/mol. The second kappa shape index (κ2) is 5.69. The molecule has 8 atom stereocenters. The first kappa shape index (κ1) is 16.3. The van der Waals surface area contributed by atoms with Crippen molar-refractivity contribution in [3.63, 3.8) is 0 Å². The lowest BCUT2D eigenvalue weighted by Crippen LogP contribution is -2.70. The van der Waals surface area contributed by atoms with Crippen molar-refractivity contribution in [2.45, 2.75) is 96.4 Å². The lowest BCUT2D eigenvalue weighted by molar-refractivity contribution is -0.571. The van der Waals surface area contributed by atoms with Crippen LogP contribution < -0.4 is 0 Å². The van der Waals surface area contributed by atoms with E-state index in [0.29, 0.717) is 23.7 Å². The molecule has 1 aliphatic carbocycles. The van der Waals surface area contributed by atoms with Crippen LogP contribution in [0.1, 0.15) is 72.6 Å². The number of hydrogen-bond donors (Lipinski definition) is 0. The molecule has 0 aromatic heterocycles. The van der Waals surface area contributed by atoms with Crippen LogP contribution in [0.15, 0.2) is 0 Å². The molecule has 4 heteroatoms. The van der Waals surface area contributed by atoms with Crippen molar-refractivity contribution in [3.05, 3.63) is 0 Å². The van der Waals surface area contributed by atoms with Gasteiger partial charge in [0.2, 0.25) is 5.79 Å². The number of ether oxygens (including phenoxy) is 2. The van der Waals surface area contributed by atoms with Gasteiger partial charge in [0, 0.05) is 12.3 Å².